The largest absolute Gasteiger partial charge is 0.367 e. The number of anilines is 1. The van der Waals surface area contributed by atoms with E-state index in [0.29, 0.717) is 5.82 Å². The summed E-state index contributed by atoms with van der Waals surface area (Å²) in [5.74, 6) is 0.501. The van der Waals surface area contributed by atoms with Crippen LogP contribution in [-0.2, 0) is 0 Å². The Morgan fingerprint density at radius 1 is 1.53 bits per heavy atom. The van der Waals surface area contributed by atoms with Gasteiger partial charge in [0.2, 0.25) is 5.69 Å². The second-order valence-corrected chi connectivity index (χ2v) is 3.59. The Morgan fingerprint density at radius 3 is 2.65 bits per heavy atom. The van der Waals surface area contributed by atoms with Gasteiger partial charge < -0.3 is 5.32 Å². The summed E-state index contributed by atoms with van der Waals surface area (Å²) < 4.78 is 0. The second-order valence-electron chi connectivity index (χ2n) is 3.59. The maximum Gasteiger partial charge on any atom is 0.305 e. The number of pyridine rings is 1. The topological polar surface area (TPSA) is 91.9 Å². The van der Waals surface area contributed by atoms with Crippen molar-refractivity contribution in [3.63, 3.8) is 0 Å². The molecule has 0 fully saturated rings. The molecule has 1 N–H and O–H groups in total. The van der Waals surface area contributed by atoms with Crippen LogP contribution in [-0.4, -0.2) is 15.9 Å². The van der Waals surface area contributed by atoms with Gasteiger partial charge in [-0.05, 0) is 18.9 Å². The highest BCUT2D eigenvalue weighted by molar-refractivity contribution is 5.50. The van der Waals surface area contributed by atoms with E-state index in [-0.39, 0.29) is 17.4 Å². The molecule has 0 aliphatic carbocycles. The molecule has 1 rings (SSSR count). The minimum atomic E-state index is -0.605. The van der Waals surface area contributed by atoms with Crippen LogP contribution in [0.2, 0.25) is 0 Å². The first-order chi connectivity index (χ1) is 8.12. The van der Waals surface area contributed by atoms with E-state index < -0.39 is 4.92 Å². The molecule has 1 aromatic heterocycles. The summed E-state index contributed by atoms with van der Waals surface area (Å²) in [6.45, 7) is 4.08. The predicted octanol–water partition coefficient (Wildman–Crippen LogP) is 2.46. The van der Waals surface area contributed by atoms with Gasteiger partial charge in [-0.1, -0.05) is 13.8 Å². The summed E-state index contributed by atoms with van der Waals surface area (Å²) in [6.07, 6.45) is 1.86. The minimum absolute atomic E-state index is 0.161. The van der Waals surface area contributed by atoms with Crippen LogP contribution in [0.15, 0.2) is 12.1 Å². The van der Waals surface area contributed by atoms with E-state index in [0.717, 1.165) is 12.8 Å². The first-order valence-electron chi connectivity index (χ1n) is 5.44. The summed E-state index contributed by atoms with van der Waals surface area (Å²) >= 11 is 0. The van der Waals surface area contributed by atoms with Gasteiger partial charge in [-0.2, -0.15) is 5.26 Å². The van der Waals surface area contributed by atoms with Gasteiger partial charge in [-0.15, -0.1) is 0 Å². The van der Waals surface area contributed by atoms with Crippen molar-refractivity contribution in [3.8, 4) is 6.07 Å². The normalized spacial score (nSPS) is 10.0. The number of aromatic nitrogens is 1. The first kappa shape index (κ1) is 12.9. The summed E-state index contributed by atoms with van der Waals surface area (Å²) in [5.41, 5.74) is -0.423. The molecular formula is C11H14N4O2. The molecule has 0 radical (unpaired) electrons. The average Bonchev–Trinajstić information content (AvgIpc) is 2.35. The fourth-order valence-corrected chi connectivity index (χ4v) is 1.46. The lowest BCUT2D eigenvalue weighted by Crippen LogP contribution is -2.18. The molecule has 0 unspecified atom stereocenters. The lowest BCUT2D eigenvalue weighted by molar-refractivity contribution is -0.385. The molecule has 0 amide bonds. The lowest BCUT2D eigenvalue weighted by atomic mass is 10.2. The molecule has 6 heteroatoms. The first-order valence-corrected chi connectivity index (χ1v) is 5.44. The van der Waals surface area contributed by atoms with Crippen molar-refractivity contribution < 1.29 is 4.92 Å². The third kappa shape index (κ3) is 3.14. The van der Waals surface area contributed by atoms with Crippen molar-refractivity contribution in [3.05, 3.63) is 27.9 Å². The van der Waals surface area contributed by atoms with Crippen LogP contribution in [0, 0.1) is 21.4 Å². The van der Waals surface area contributed by atoms with Crippen LogP contribution in [0.25, 0.3) is 0 Å². The van der Waals surface area contributed by atoms with Gasteiger partial charge in [0.05, 0.1) is 4.92 Å². The molecule has 0 aliphatic heterocycles. The molecule has 6 nitrogen and oxygen atoms in total. The van der Waals surface area contributed by atoms with Crippen LogP contribution in [0.3, 0.4) is 0 Å². The standard InChI is InChI=1S/C11H14N4O2/c1-3-8(4-2)13-11-6-5-10(15(16)17)9(7-12)14-11/h5-6,8H,3-4H2,1-2H3,(H,13,14). The number of hydrogen-bond donors (Lipinski definition) is 1. The van der Waals surface area contributed by atoms with Crippen molar-refractivity contribution in [2.24, 2.45) is 0 Å². The Balaban J connectivity index is 2.98. The van der Waals surface area contributed by atoms with Gasteiger partial charge in [0, 0.05) is 12.1 Å². The third-order valence-electron chi connectivity index (χ3n) is 2.51. The van der Waals surface area contributed by atoms with Crippen LogP contribution in [0.5, 0.6) is 0 Å². The van der Waals surface area contributed by atoms with Crippen molar-refractivity contribution in [1.82, 2.24) is 4.98 Å². The highest BCUT2D eigenvalue weighted by Gasteiger charge is 2.16. The number of nitro groups is 1. The molecule has 0 aromatic carbocycles. The SMILES string of the molecule is CCC(CC)Nc1ccc([N+](=O)[O-])c(C#N)n1. The highest BCUT2D eigenvalue weighted by atomic mass is 16.6. The summed E-state index contributed by atoms with van der Waals surface area (Å²) in [4.78, 5) is 14.0. The van der Waals surface area contributed by atoms with Gasteiger partial charge >= 0.3 is 5.69 Å². The number of rotatable bonds is 5. The third-order valence-corrected chi connectivity index (χ3v) is 2.51. The Bertz CT molecular complexity index is 449. The minimum Gasteiger partial charge on any atom is -0.367 e. The maximum absolute atomic E-state index is 10.6. The fourth-order valence-electron chi connectivity index (χ4n) is 1.46. The number of nitrogens with one attached hydrogen (secondary N) is 1. The van der Waals surface area contributed by atoms with Crippen molar-refractivity contribution in [1.29, 1.82) is 5.26 Å². The van der Waals surface area contributed by atoms with E-state index in [2.05, 4.69) is 10.3 Å². The van der Waals surface area contributed by atoms with E-state index >= 15 is 0 Å². The zero-order chi connectivity index (χ0) is 12.8. The quantitative estimate of drug-likeness (QED) is 0.624. The highest BCUT2D eigenvalue weighted by Crippen LogP contribution is 2.19. The molecule has 0 saturated carbocycles. The Morgan fingerprint density at radius 2 is 2.18 bits per heavy atom. The van der Waals surface area contributed by atoms with Gasteiger partial charge in [-0.3, -0.25) is 10.1 Å². The maximum atomic E-state index is 10.6. The average molecular weight is 234 g/mol. The van der Waals surface area contributed by atoms with Crippen molar-refractivity contribution in [2.75, 3.05) is 5.32 Å². The van der Waals surface area contributed by atoms with Gasteiger partial charge in [-0.25, -0.2) is 4.98 Å². The zero-order valence-electron chi connectivity index (χ0n) is 9.80. The molecule has 0 spiro atoms. The molecular weight excluding hydrogens is 220 g/mol. The van der Waals surface area contributed by atoms with Crippen LogP contribution >= 0.6 is 0 Å². The van der Waals surface area contributed by atoms with Crippen LogP contribution in [0.4, 0.5) is 11.5 Å². The molecule has 0 bridgehead atoms. The molecule has 0 aliphatic rings. The molecule has 17 heavy (non-hydrogen) atoms. The monoisotopic (exact) mass is 234 g/mol. The summed E-state index contributed by atoms with van der Waals surface area (Å²) in [7, 11) is 0. The zero-order valence-corrected chi connectivity index (χ0v) is 9.80. The molecule has 1 heterocycles. The smallest absolute Gasteiger partial charge is 0.305 e. The molecule has 90 valence electrons. The molecule has 0 atom stereocenters. The Kier molecular flexibility index (Phi) is 4.40. The van der Waals surface area contributed by atoms with E-state index in [1.54, 1.807) is 6.07 Å². The van der Waals surface area contributed by atoms with E-state index in [1.165, 1.54) is 12.1 Å². The Hall–Kier alpha value is -2.16. The fraction of sp³-hybridized carbons (Fsp3) is 0.455. The van der Waals surface area contributed by atoms with Crippen molar-refractivity contribution in [2.45, 2.75) is 32.7 Å². The van der Waals surface area contributed by atoms with Crippen molar-refractivity contribution >= 4 is 11.5 Å². The summed E-state index contributed by atoms with van der Waals surface area (Å²) in [5, 5.41) is 22.6. The molecule has 1 aromatic rings. The van der Waals surface area contributed by atoms with Crippen LogP contribution < -0.4 is 5.32 Å². The summed E-state index contributed by atoms with van der Waals surface area (Å²) in [6, 6.07) is 4.82. The van der Waals surface area contributed by atoms with E-state index in [9.17, 15) is 10.1 Å². The van der Waals surface area contributed by atoms with E-state index in [4.69, 9.17) is 5.26 Å². The number of hydrogen-bond acceptors (Lipinski definition) is 5. The van der Waals surface area contributed by atoms with Gasteiger partial charge in [0.15, 0.2) is 0 Å². The number of nitriles is 1. The van der Waals surface area contributed by atoms with Gasteiger partial charge in [0.1, 0.15) is 11.9 Å². The number of nitrogens with zero attached hydrogens (tertiary/aromatic N) is 3. The lowest BCUT2D eigenvalue weighted by Gasteiger charge is -2.15. The molecule has 0 saturated heterocycles. The van der Waals surface area contributed by atoms with Crippen LogP contribution in [0.1, 0.15) is 32.4 Å². The Labute approximate surface area is 99.4 Å². The van der Waals surface area contributed by atoms with Gasteiger partial charge in [0.25, 0.3) is 0 Å². The van der Waals surface area contributed by atoms with E-state index in [1.807, 2.05) is 13.8 Å². The second kappa shape index (κ2) is 5.80. The predicted molar refractivity (Wildman–Crippen MR) is 63.6 cm³/mol.